The molecule has 0 bridgehead atoms. The van der Waals surface area contributed by atoms with E-state index in [1.807, 2.05) is 12.4 Å². The van der Waals surface area contributed by atoms with Gasteiger partial charge in [0.05, 0.1) is 11.2 Å². The molecule has 0 amide bonds. The van der Waals surface area contributed by atoms with Gasteiger partial charge in [0, 0.05) is 17.8 Å². The zero-order chi connectivity index (χ0) is 11.0. The van der Waals surface area contributed by atoms with Crippen LogP contribution in [0.3, 0.4) is 0 Å². The van der Waals surface area contributed by atoms with Gasteiger partial charge in [-0.1, -0.05) is 27.7 Å². The number of pyridine rings is 1. The lowest BCUT2D eigenvalue weighted by Gasteiger charge is -2.11. The van der Waals surface area contributed by atoms with E-state index in [1.165, 1.54) is 22.2 Å². The van der Waals surface area contributed by atoms with Crippen molar-refractivity contribution in [3.8, 4) is 0 Å². The maximum atomic E-state index is 4.58. The van der Waals surface area contributed by atoms with Crippen LogP contribution < -0.4 is 0 Å². The molecule has 2 aromatic rings. The van der Waals surface area contributed by atoms with Crippen molar-refractivity contribution in [2.75, 3.05) is 0 Å². The van der Waals surface area contributed by atoms with Gasteiger partial charge in [0.25, 0.3) is 0 Å². The van der Waals surface area contributed by atoms with Crippen molar-refractivity contribution in [3.05, 3.63) is 29.7 Å². The van der Waals surface area contributed by atoms with Crippen molar-refractivity contribution in [2.45, 2.75) is 39.5 Å². The number of rotatable bonds is 2. The SMILES string of the molecule is CC(C)c1ncc(C(C)C)c2[nH]ccc12. The Morgan fingerprint density at radius 1 is 1.13 bits per heavy atom. The number of H-pyrrole nitrogens is 1. The Morgan fingerprint density at radius 2 is 1.87 bits per heavy atom. The molecule has 0 atom stereocenters. The Balaban J connectivity index is 2.71. The maximum Gasteiger partial charge on any atom is 0.0523 e. The molecule has 2 heterocycles. The van der Waals surface area contributed by atoms with E-state index in [-0.39, 0.29) is 0 Å². The number of nitrogens with one attached hydrogen (secondary N) is 1. The van der Waals surface area contributed by atoms with Gasteiger partial charge in [0.1, 0.15) is 0 Å². The van der Waals surface area contributed by atoms with Gasteiger partial charge in [-0.3, -0.25) is 4.98 Å². The zero-order valence-corrected chi connectivity index (χ0v) is 9.83. The van der Waals surface area contributed by atoms with Crippen LogP contribution in [0, 0.1) is 0 Å². The highest BCUT2D eigenvalue weighted by molar-refractivity contribution is 5.85. The van der Waals surface area contributed by atoms with E-state index in [0.29, 0.717) is 11.8 Å². The fourth-order valence-electron chi connectivity index (χ4n) is 1.99. The van der Waals surface area contributed by atoms with Crippen LogP contribution in [0.5, 0.6) is 0 Å². The van der Waals surface area contributed by atoms with Crippen LogP contribution in [0.1, 0.15) is 50.8 Å². The summed E-state index contributed by atoms with van der Waals surface area (Å²) in [6.07, 6.45) is 4.02. The van der Waals surface area contributed by atoms with Crippen LogP contribution in [0.15, 0.2) is 18.5 Å². The van der Waals surface area contributed by atoms with Gasteiger partial charge in [-0.15, -0.1) is 0 Å². The second-order valence-electron chi connectivity index (χ2n) is 4.67. The quantitative estimate of drug-likeness (QED) is 0.788. The molecule has 0 aliphatic heterocycles. The maximum absolute atomic E-state index is 4.58. The fourth-order valence-corrected chi connectivity index (χ4v) is 1.99. The molecule has 0 aromatic carbocycles. The molecule has 0 saturated carbocycles. The molecule has 2 nitrogen and oxygen atoms in total. The van der Waals surface area contributed by atoms with E-state index < -0.39 is 0 Å². The summed E-state index contributed by atoms with van der Waals surface area (Å²) in [5.74, 6) is 0.990. The molecule has 2 heteroatoms. The van der Waals surface area contributed by atoms with Gasteiger partial charge in [-0.05, 0) is 23.5 Å². The minimum absolute atomic E-state index is 0.476. The summed E-state index contributed by atoms with van der Waals surface area (Å²) in [6, 6.07) is 2.13. The Labute approximate surface area is 90.7 Å². The average Bonchev–Trinajstić information content (AvgIpc) is 2.63. The van der Waals surface area contributed by atoms with Crippen molar-refractivity contribution in [1.82, 2.24) is 9.97 Å². The minimum Gasteiger partial charge on any atom is -0.361 e. The Morgan fingerprint density at radius 3 is 2.47 bits per heavy atom. The molecule has 0 saturated heterocycles. The van der Waals surface area contributed by atoms with Crippen LogP contribution in [-0.4, -0.2) is 9.97 Å². The first-order valence-corrected chi connectivity index (χ1v) is 5.57. The Kier molecular flexibility index (Phi) is 2.51. The van der Waals surface area contributed by atoms with Crippen molar-refractivity contribution < 1.29 is 0 Å². The van der Waals surface area contributed by atoms with Gasteiger partial charge in [0.2, 0.25) is 0 Å². The topological polar surface area (TPSA) is 28.7 Å². The highest BCUT2D eigenvalue weighted by atomic mass is 14.7. The van der Waals surface area contributed by atoms with Gasteiger partial charge in [-0.2, -0.15) is 0 Å². The largest absolute Gasteiger partial charge is 0.361 e. The van der Waals surface area contributed by atoms with Crippen LogP contribution in [0.25, 0.3) is 10.9 Å². The lowest BCUT2D eigenvalue weighted by molar-refractivity contribution is 0.818. The van der Waals surface area contributed by atoms with E-state index in [0.717, 1.165) is 0 Å². The Bertz CT molecular complexity index is 424. The second-order valence-corrected chi connectivity index (χ2v) is 4.67. The summed E-state index contributed by atoms with van der Waals surface area (Å²) in [4.78, 5) is 7.90. The second kappa shape index (κ2) is 3.69. The number of hydrogen-bond acceptors (Lipinski definition) is 1. The van der Waals surface area contributed by atoms with Crippen molar-refractivity contribution in [1.29, 1.82) is 0 Å². The third-order valence-electron chi connectivity index (χ3n) is 2.82. The number of aromatic nitrogens is 2. The molecule has 0 radical (unpaired) electrons. The minimum atomic E-state index is 0.476. The lowest BCUT2D eigenvalue weighted by Crippen LogP contribution is -1.97. The summed E-state index contributed by atoms with van der Waals surface area (Å²) in [7, 11) is 0. The van der Waals surface area contributed by atoms with E-state index in [1.54, 1.807) is 0 Å². The first-order chi connectivity index (χ1) is 7.11. The molecule has 0 spiro atoms. The van der Waals surface area contributed by atoms with Gasteiger partial charge in [0.15, 0.2) is 0 Å². The first-order valence-electron chi connectivity index (χ1n) is 5.57. The zero-order valence-electron chi connectivity index (χ0n) is 9.83. The van der Waals surface area contributed by atoms with Gasteiger partial charge < -0.3 is 4.98 Å². The smallest absolute Gasteiger partial charge is 0.0523 e. The van der Waals surface area contributed by atoms with Crippen LogP contribution in [-0.2, 0) is 0 Å². The average molecular weight is 202 g/mol. The van der Waals surface area contributed by atoms with Crippen molar-refractivity contribution >= 4 is 10.9 Å². The van der Waals surface area contributed by atoms with E-state index >= 15 is 0 Å². The monoisotopic (exact) mass is 202 g/mol. The molecule has 0 aliphatic rings. The molecule has 0 aliphatic carbocycles. The summed E-state index contributed by atoms with van der Waals surface area (Å²) < 4.78 is 0. The van der Waals surface area contributed by atoms with Crippen molar-refractivity contribution in [3.63, 3.8) is 0 Å². The highest BCUT2D eigenvalue weighted by Gasteiger charge is 2.12. The predicted molar refractivity (Wildman–Crippen MR) is 64.3 cm³/mol. The molecule has 2 aromatic heterocycles. The third kappa shape index (κ3) is 1.65. The third-order valence-corrected chi connectivity index (χ3v) is 2.82. The molecule has 0 fully saturated rings. The summed E-state index contributed by atoms with van der Waals surface area (Å²) in [5, 5.41) is 1.27. The fraction of sp³-hybridized carbons (Fsp3) is 0.462. The van der Waals surface area contributed by atoms with E-state index in [9.17, 15) is 0 Å². The molecular formula is C13H18N2. The normalized spacial score (nSPS) is 11.9. The first kappa shape index (κ1) is 10.2. The van der Waals surface area contributed by atoms with Crippen LogP contribution in [0.2, 0.25) is 0 Å². The summed E-state index contributed by atoms with van der Waals surface area (Å²) >= 11 is 0. The van der Waals surface area contributed by atoms with Crippen molar-refractivity contribution in [2.24, 2.45) is 0 Å². The molecule has 2 rings (SSSR count). The lowest BCUT2D eigenvalue weighted by atomic mass is 9.99. The molecule has 15 heavy (non-hydrogen) atoms. The van der Waals surface area contributed by atoms with Crippen LogP contribution >= 0.6 is 0 Å². The molecular weight excluding hydrogens is 184 g/mol. The van der Waals surface area contributed by atoms with E-state index in [4.69, 9.17) is 0 Å². The van der Waals surface area contributed by atoms with Gasteiger partial charge >= 0.3 is 0 Å². The molecule has 80 valence electrons. The molecule has 0 unspecified atom stereocenters. The predicted octanol–water partition coefficient (Wildman–Crippen LogP) is 3.81. The van der Waals surface area contributed by atoms with E-state index in [2.05, 4.69) is 43.7 Å². The van der Waals surface area contributed by atoms with Crippen LogP contribution in [0.4, 0.5) is 0 Å². The van der Waals surface area contributed by atoms with Gasteiger partial charge in [-0.25, -0.2) is 0 Å². The summed E-state index contributed by atoms with van der Waals surface area (Å²) in [6.45, 7) is 8.77. The number of fused-ring (bicyclic) bond motifs is 1. The highest BCUT2D eigenvalue weighted by Crippen LogP contribution is 2.28. The molecule has 1 N–H and O–H groups in total. The standard InChI is InChI=1S/C13H18N2/c1-8(2)11-7-15-12(9(3)4)10-5-6-14-13(10)11/h5-9,14H,1-4H3. The summed E-state index contributed by atoms with van der Waals surface area (Å²) in [5.41, 5.74) is 3.75. The Hall–Kier alpha value is -1.31. The number of aromatic amines is 1. The number of hydrogen-bond donors (Lipinski definition) is 1. The number of nitrogens with zero attached hydrogens (tertiary/aromatic N) is 1.